The maximum Gasteiger partial charge on any atom is 0.472 e. The number of esters is 4. The summed E-state index contributed by atoms with van der Waals surface area (Å²) in [5.74, 6) is 0.322. The fourth-order valence-corrected chi connectivity index (χ4v) is 13.8. The minimum atomic E-state index is -4.96. The average molecular weight is 1450 g/mol. The van der Waals surface area contributed by atoms with Crippen molar-refractivity contribution in [3.63, 3.8) is 0 Å². The molecule has 0 rings (SSSR count). The van der Waals surface area contributed by atoms with Crippen molar-refractivity contribution in [2.45, 2.75) is 433 Å². The Balaban J connectivity index is 5.18. The highest BCUT2D eigenvalue weighted by atomic mass is 31.2. The van der Waals surface area contributed by atoms with Gasteiger partial charge in [0.15, 0.2) is 12.2 Å². The summed E-state index contributed by atoms with van der Waals surface area (Å²) in [7, 11) is -9.91. The molecular weight excluding hydrogens is 1290 g/mol. The van der Waals surface area contributed by atoms with E-state index in [1.54, 1.807) is 0 Å². The first-order chi connectivity index (χ1) is 47.8. The molecule has 0 aliphatic heterocycles. The van der Waals surface area contributed by atoms with Gasteiger partial charge in [0.1, 0.15) is 19.3 Å². The molecule has 0 fully saturated rings. The Morgan fingerprint density at radius 2 is 0.515 bits per heavy atom. The van der Waals surface area contributed by atoms with E-state index >= 15 is 0 Å². The van der Waals surface area contributed by atoms with Crippen LogP contribution in [-0.2, 0) is 65.4 Å². The summed E-state index contributed by atoms with van der Waals surface area (Å²) in [4.78, 5) is 72.8. The van der Waals surface area contributed by atoms with Crippen LogP contribution >= 0.6 is 15.6 Å². The number of unbranched alkanes of at least 4 members (excludes halogenated alkanes) is 44. The van der Waals surface area contributed by atoms with Crippen molar-refractivity contribution in [1.29, 1.82) is 0 Å². The van der Waals surface area contributed by atoms with Crippen LogP contribution in [0, 0.1) is 17.8 Å². The van der Waals surface area contributed by atoms with Gasteiger partial charge in [0.25, 0.3) is 0 Å². The molecule has 99 heavy (non-hydrogen) atoms. The monoisotopic (exact) mass is 1450 g/mol. The summed E-state index contributed by atoms with van der Waals surface area (Å²) in [6.45, 7) is 12.0. The van der Waals surface area contributed by atoms with E-state index < -0.39 is 97.5 Å². The number of phosphoric ester groups is 2. The quantitative estimate of drug-likeness (QED) is 0.0222. The summed E-state index contributed by atoms with van der Waals surface area (Å²) in [5.41, 5.74) is 0. The van der Waals surface area contributed by atoms with E-state index in [2.05, 4.69) is 48.5 Å². The topological polar surface area (TPSA) is 237 Å². The van der Waals surface area contributed by atoms with Gasteiger partial charge in [-0.25, -0.2) is 9.13 Å². The van der Waals surface area contributed by atoms with Gasteiger partial charge in [0, 0.05) is 25.7 Å². The number of carbonyl (C=O) groups is 4. The minimum absolute atomic E-state index is 0.104. The molecule has 0 aliphatic rings. The van der Waals surface area contributed by atoms with Crippen LogP contribution in [0.2, 0.25) is 0 Å². The number of rotatable bonds is 78. The lowest BCUT2D eigenvalue weighted by Gasteiger charge is -2.21. The van der Waals surface area contributed by atoms with Crippen LogP contribution < -0.4 is 0 Å². The first-order valence-electron chi connectivity index (χ1n) is 41.4. The van der Waals surface area contributed by atoms with E-state index in [0.29, 0.717) is 25.7 Å². The molecule has 19 heteroatoms. The molecule has 0 saturated heterocycles. The number of hydrogen-bond donors (Lipinski definition) is 3. The van der Waals surface area contributed by atoms with Gasteiger partial charge in [-0.3, -0.25) is 37.3 Å². The zero-order valence-corrected chi connectivity index (χ0v) is 66.8. The molecule has 0 aliphatic carbocycles. The predicted molar refractivity (Wildman–Crippen MR) is 405 cm³/mol. The molecule has 588 valence electrons. The normalized spacial score (nSPS) is 14.5. The van der Waals surface area contributed by atoms with Crippen LogP contribution in [-0.4, -0.2) is 96.7 Å². The van der Waals surface area contributed by atoms with Gasteiger partial charge in [-0.05, 0) is 43.4 Å². The molecule has 0 spiro atoms. The van der Waals surface area contributed by atoms with Crippen molar-refractivity contribution >= 4 is 39.5 Å². The molecular formula is C80H156O17P2. The molecule has 0 saturated carbocycles. The van der Waals surface area contributed by atoms with E-state index in [1.807, 2.05) is 0 Å². The van der Waals surface area contributed by atoms with Gasteiger partial charge in [-0.1, -0.05) is 363 Å². The Morgan fingerprint density at radius 3 is 0.768 bits per heavy atom. The molecule has 0 aromatic heterocycles. The minimum Gasteiger partial charge on any atom is -0.462 e. The second kappa shape index (κ2) is 70.4. The zero-order chi connectivity index (χ0) is 73.0. The second-order valence-corrected chi connectivity index (χ2v) is 32.7. The van der Waals surface area contributed by atoms with Crippen molar-refractivity contribution in [2.75, 3.05) is 39.6 Å². The number of phosphoric acid groups is 2. The van der Waals surface area contributed by atoms with Crippen LogP contribution in [0.25, 0.3) is 0 Å². The van der Waals surface area contributed by atoms with Gasteiger partial charge in [-0.15, -0.1) is 0 Å². The number of aliphatic hydroxyl groups excluding tert-OH is 1. The third-order valence-corrected chi connectivity index (χ3v) is 21.3. The van der Waals surface area contributed by atoms with Gasteiger partial charge >= 0.3 is 39.5 Å². The van der Waals surface area contributed by atoms with Crippen LogP contribution in [0.1, 0.15) is 414 Å². The maximum atomic E-state index is 13.1. The predicted octanol–water partition coefficient (Wildman–Crippen LogP) is 23.7. The van der Waals surface area contributed by atoms with Crippen molar-refractivity contribution < 1.29 is 80.2 Å². The molecule has 0 aromatic carbocycles. The highest BCUT2D eigenvalue weighted by Crippen LogP contribution is 2.45. The Morgan fingerprint density at radius 1 is 0.293 bits per heavy atom. The highest BCUT2D eigenvalue weighted by molar-refractivity contribution is 7.47. The summed E-state index contributed by atoms with van der Waals surface area (Å²) < 4.78 is 68.5. The Labute approximate surface area is 607 Å². The highest BCUT2D eigenvalue weighted by Gasteiger charge is 2.30. The van der Waals surface area contributed by atoms with E-state index in [4.69, 9.17) is 37.0 Å². The summed E-state index contributed by atoms with van der Waals surface area (Å²) >= 11 is 0. The van der Waals surface area contributed by atoms with Crippen molar-refractivity contribution in [2.24, 2.45) is 17.8 Å². The van der Waals surface area contributed by atoms with E-state index in [9.17, 15) is 43.2 Å². The third kappa shape index (κ3) is 71.5. The van der Waals surface area contributed by atoms with Crippen molar-refractivity contribution in [3.8, 4) is 0 Å². The first kappa shape index (κ1) is 97.1. The lowest BCUT2D eigenvalue weighted by Crippen LogP contribution is -2.30. The fraction of sp³-hybridized carbons (Fsp3) is 0.950. The van der Waals surface area contributed by atoms with Crippen LogP contribution in [0.15, 0.2) is 0 Å². The van der Waals surface area contributed by atoms with E-state index in [1.165, 1.54) is 218 Å². The molecule has 4 unspecified atom stereocenters. The lowest BCUT2D eigenvalue weighted by molar-refractivity contribution is -0.161. The lowest BCUT2D eigenvalue weighted by atomic mass is 9.99. The summed E-state index contributed by atoms with van der Waals surface area (Å²) in [6, 6.07) is 0. The van der Waals surface area contributed by atoms with Gasteiger partial charge in [0.05, 0.1) is 26.4 Å². The maximum absolute atomic E-state index is 13.1. The summed E-state index contributed by atoms with van der Waals surface area (Å²) in [6.07, 6.45) is 58.4. The average Bonchev–Trinajstić information content (AvgIpc) is 1.02. The molecule has 0 aromatic rings. The zero-order valence-electron chi connectivity index (χ0n) is 65.0. The van der Waals surface area contributed by atoms with E-state index in [0.717, 1.165) is 114 Å². The van der Waals surface area contributed by atoms with Gasteiger partial charge in [-0.2, -0.15) is 0 Å². The van der Waals surface area contributed by atoms with E-state index in [-0.39, 0.29) is 25.7 Å². The van der Waals surface area contributed by atoms with Gasteiger partial charge in [0.2, 0.25) is 0 Å². The standard InChI is InChI=1S/C80H156O17P2/c1-8-11-12-13-14-40-47-54-61-77(82)90-67-75(97-80(85)64-57-50-43-36-35-37-44-51-58-71(4)5)69-94-98(86,87)92-65-74(81)66-93-99(88,89)95-70-76(68-91-78(83)62-55-48-41-33-29-25-22-21-24-28-32-39-46-53-60-73(7)10-3)96-79(84)63-56-49-42-34-30-26-20-18-16-15-17-19-23-27-31-38-45-52-59-72(6)9-2/h71-76,81H,8-70H2,1-7H3,(H,86,87)(H,88,89)/t72?,73?,74-,75+,76+/m0/s1. The second-order valence-electron chi connectivity index (χ2n) is 29.8. The van der Waals surface area contributed by atoms with Crippen molar-refractivity contribution in [1.82, 2.24) is 0 Å². The smallest absolute Gasteiger partial charge is 0.462 e. The molecule has 7 atom stereocenters. The molecule has 0 bridgehead atoms. The van der Waals surface area contributed by atoms with Crippen LogP contribution in [0.4, 0.5) is 0 Å². The van der Waals surface area contributed by atoms with Crippen LogP contribution in [0.3, 0.4) is 0 Å². The largest absolute Gasteiger partial charge is 0.472 e. The number of ether oxygens (including phenoxy) is 4. The Kier molecular flexibility index (Phi) is 69.0. The fourth-order valence-electron chi connectivity index (χ4n) is 12.2. The van der Waals surface area contributed by atoms with Gasteiger partial charge < -0.3 is 33.8 Å². The van der Waals surface area contributed by atoms with Crippen molar-refractivity contribution in [3.05, 3.63) is 0 Å². The molecule has 3 N–H and O–H groups in total. The molecule has 0 radical (unpaired) electrons. The number of aliphatic hydroxyl groups is 1. The SMILES string of the molecule is CCCCCCCCCCC(=O)OC[C@H](COP(=O)(O)OC[C@H](O)COP(=O)(O)OC[C@@H](COC(=O)CCCCCCCCCCCCCCCCC(C)CC)OC(=O)CCCCCCCCCCCCCCCCCCCCC(C)CC)OC(=O)CCCCCCCCCCC(C)C. The Hall–Kier alpha value is -1.94. The number of carbonyl (C=O) groups excluding carboxylic acids is 4. The third-order valence-electron chi connectivity index (χ3n) is 19.4. The molecule has 17 nitrogen and oxygen atoms in total. The van der Waals surface area contributed by atoms with Crippen LogP contribution in [0.5, 0.6) is 0 Å². The summed E-state index contributed by atoms with van der Waals surface area (Å²) in [5, 5.41) is 10.6. The number of hydrogen-bond acceptors (Lipinski definition) is 15. The Bertz CT molecular complexity index is 1930. The molecule has 0 amide bonds. The molecule has 0 heterocycles. The first-order valence-corrected chi connectivity index (χ1v) is 44.4.